The number of hydrogen-bond acceptors (Lipinski definition) is 5. The molecule has 146 valence electrons. The van der Waals surface area contributed by atoms with Gasteiger partial charge >= 0.3 is 103 Å². The summed E-state index contributed by atoms with van der Waals surface area (Å²) >= 11 is 7.76. The van der Waals surface area contributed by atoms with Gasteiger partial charge in [0.2, 0.25) is 5.43 Å². The minimum absolute atomic E-state index is 0. The zero-order chi connectivity index (χ0) is 21.0. The fourth-order valence-corrected chi connectivity index (χ4v) is 6.73. The van der Waals surface area contributed by atoms with Crippen LogP contribution in [-0.4, -0.2) is 5.97 Å². The predicted octanol–water partition coefficient (Wildman–Crippen LogP) is -1.57. The molecule has 1 aliphatic carbocycles. The molecule has 1 aliphatic heterocycles. The Bertz CT molecular complexity index is 1370. The fourth-order valence-electron chi connectivity index (χ4n) is 3.16. The molecule has 0 N–H and O–H groups in total. The van der Waals surface area contributed by atoms with E-state index in [1.807, 2.05) is 90.4 Å². The monoisotopic (exact) mass is 912 g/mol. The first-order valence-corrected chi connectivity index (χ1v) is 12.3. The number of carbonyl (C=O) groups is 1. The van der Waals surface area contributed by atoms with Gasteiger partial charge in [-0.05, 0) is 108 Å². The molecule has 0 radical (unpaired) electrons. The van der Waals surface area contributed by atoms with E-state index in [1.165, 1.54) is 6.07 Å². The second kappa shape index (κ2) is 12.2. The maximum atomic E-state index is 12.5. The molecule has 0 aromatic heterocycles. The molecule has 0 fully saturated rings. The molecule has 11 heteroatoms. The zero-order valence-corrected chi connectivity index (χ0v) is 30.9. The van der Waals surface area contributed by atoms with Crippen molar-refractivity contribution in [3.8, 4) is 28.2 Å². The van der Waals surface area contributed by atoms with Gasteiger partial charge in [0, 0.05) is 29.2 Å². The van der Waals surface area contributed by atoms with Gasteiger partial charge in [0.25, 0.3) is 0 Å². The van der Waals surface area contributed by atoms with E-state index in [2.05, 4.69) is 0 Å². The molecular formula is C20H6I4K2O5. The first kappa shape index (κ1) is 29.8. The van der Waals surface area contributed by atoms with Crippen LogP contribution in [0.15, 0.2) is 45.6 Å². The average molecular weight is 912 g/mol. The van der Waals surface area contributed by atoms with E-state index in [9.17, 15) is 19.8 Å². The van der Waals surface area contributed by atoms with Gasteiger partial charge in [-0.1, -0.05) is 30.0 Å². The van der Waals surface area contributed by atoms with Crippen LogP contribution in [0.5, 0.6) is 5.75 Å². The molecule has 0 bridgehead atoms. The van der Waals surface area contributed by atoms with Crippen molar-refractivity contribution in [2.24, 2.45) is 0 Å². The van der Waals surface area contributed by atoms with E-state index in [0.29, 0.717) is 47.7 Å². The van der Waals surface area contributed by atoms with Crippen molar-refractivity contribution in [3.63, 3.8) is 0 Å². The van der Waals surface area contributed by atoms with Crippen molar-refractivity contribution in [2.75, 3.05) is 0 Å². The van der Waals surface area contributed by atoms with Crippen LogP contribution >= 0.6 is 90.4 Å². The molecule has 0 atom stereocenters. The number of rotatable bonds is 2. The maximum absolute atomic E-state index is 12.5. The third-order valence-electron chi connectivity index (χ3n) is 4.42. The largest absolute Gasteiger partial charge is 1.00 e. The molecule has 0 amide bonds. The molecule has 0 unspecified atom stereocenters. The van der Waals surface area contributed by atoms with Crippen LogP contribution in [0.3, 0.4) is 0 Å². The summed E-state index contributed by atoms with van der Waals surface area (Å²) in [4.78, 5) is 24.3. The number of benzene rings is 3. The summed E-state index contributed by atoms with van der Waals surface area (Å²) in [6, 6.07) is 9.90. The van der Waals surface area contributed by atoms with Gasteiger partial charge < -0.3 is 19.4 Å². The Labute approximate surface area is 316 Å². The normalized spacial score (nSPS) is 10.6. The van der Waals surface area contributed by atoms with Crippen LogP contribution < -0.4 is 118 Å². The SMILES string of the molecule is O=C([O-])c1ccccc1-c1c2cc(I)c(=O)c(I)c-2oc2c(I)c([O-])c(I)cc12.[K+].[K+]. The van der Waals surface area contributed by atoms with Crippen LogP contribution in [-0.2, 0) is 0 Å². The van der Waals surface area contributed by atoms with E-state index in [0.717, 1.165) is 0 Å². The average Bonchev–Trinajstić information content (AvgIpc) is 2.69. The summed E-state index contributed by atoms with van der Waals surface area (Å²) in [5, 5.41) is 24.9. The summed E-state index contributed by atoms with van der Waals surface area (Å²) in [5.41, 5.74) is 1.80. The van der Waals surface area contributed by atoms with Crippen molar-refractivity contribution in [2.45, 2.75) is 0 Å². The van der Waals surface area contributed by atoms with Gasteiger partial charge in [-0.25, -0.2) is 0 Å². The predicted molar refractivity (Wildman–Crippen MR) is 139 cm³/mol. The van der Waals surface area contributed by atoms with Crippen LogP contribution in [0.2, 0.25) is 0 Å². The van der Waals surface area contributed by atoms with Gasteiger partial charge in [0.05, 0.1) is 9.54 Å². The molecule has 0 saturated carbocycles. The van der Waals surface area contributed by atoms with Crippen LogP contribution in [0.25, 0.3) is 33.4 Å². The second-order valence-corrected chi connectivity index (χ2v) is 10.5. The molecule has 4 rings (SSSR count). The number of carbonyl (C=O) groups excluding carboxylic acids is 1. The van der Waals surface area contributed by atoms with Gasteiger partial charge in [-0.3, -0.25) is 4.79 Å². The first-order chi connectivity index (χ1) is 13.7. The van der Waals surface area contributed by atoms with Crippen molar-refractivity contribution in [1.82, 2.24) is 0 Å². The van der Waals surface area contributed by atoms with E-state index in [4.69, 9.17) is 4.42 Å². The minimum Gasteiger partial charge on any atom is -0.871 e. The molecule has 0 spiro atoms. The summed E-state index contributed by atoms with van der Waals surface area (Å²) in [6.07, 6.45) is 0. The summed E-state index contributed by atoms with van der Waals surface area (Å²) < 4.78 is 7.79. The van der Waals surface area contributed by atoms with E-state index in [1.54, 1.807) is 30.3 Å². The molecule has 2 aliphatic rings. The summed E-state index contributed by atoms with van der Waals surface area (Å²) in [6.45, 7) is 0. The minimum atomic E-state index is -1.31. The molecule has 31 heavy (non-hydrogen) atoms. The topological polar surface area (TPSA) is 93.4 Å². The van der Waals surface area contributed by atoms with Gasteiger partial charge in [0.1, 0.15) is 9.15 Å². The number of hydrogen-bond donors (Lipinski definition) is 0. The van der Waals surface area contributed by atoms with E-state index in [-0.39, 0.29) is 120 Å². The standard InChI is InChI=1S/C20H8I4O5.2K/c21-11-5-9-13(7-3-1-2-4-8(7)20(27)28)10-6-12(22)17(26)15(24)19(10)29-18(9)14(23)16(11)25;;/h1-6,25H,(H,27,28);;/q;2*+1/p-2. The van der Waals surface area contributed by atoms with E-state index >= 15 is 0 Å². The van der Waals surface area contributed by atoms with Crippen molar-refractivity contribution in [1.29, 1.82) is 0 Å². The molecular weight excluding hydrogens is 906 g/mol. The summed E-state index contributed by atoms with van der Waals surface area (Å²) in [5.74, 6) is -1.16. The molecule has 1 heterocycles. The number of carboxylic acids is 1. The Kier molecular flexibility index (Phi) is 11.8. The zero-order valence-electron chi connectivity index (χ0n) is 16.0. The van der Waals surface area contributed by atoms with Gasteiger partial charge in [-0.15, -0.1) is 0 Å². The first-order valence-electron chi connectivity index (χ1n) is 7.96. The van der Waals surface area contributed by atoms with Crippen LogP contribution in [0, 0.1) is 14.3 Å². The van der Waals surface area contributed by atoms with Crippen molar-refractivity contribution < 1.29 is 122 Å². The molecule has 5 nitrogen and oxygen atoms in total. The Morgan fingerprint density at radius 1 is 0.903 bits per heavy atom. The van der Waals surface area contributed by atoms with E-state index < -0.39 is 5.97 Å². The Morgan fingerprint density at radius 2 is 1.55 bits per heavy atom. The Morgan fingerprint density at radius 3 is 2.19 bits per heavy atom. The quantitative estimate of drug-likeness (QED) is 0.138. The molecule has 0 saturated heterocycles. The molecule has 2 aromatic rings. The smallest absolute Gasteiger partial charge is 0.871 e. The fraction of sp³-hybridized carbons (Fsp3) is 0. The van der Waals surface area contributed by atoms with Gasteiger partial charge in [0.15, 0.2) is 5.76 Å². The number of fused-ring (bicyclic) bond motifs is 2. The maximum Gasteiger partial charge on any atom is 1.00 e. The van der Waals surface area contributed by atoms with Crippen molar-refractivity contribution >= 4 is 107 Å². The Balaban J connectivity index is 0.00000171. The Hall–Kier alpha value is 2.59. The number of halogens is 4. The number of carboxylic acid groups (broad SMARTS) is 1. The summed E-state index contributed by atoms with van der Waals surface area (Å²) in [7, 11) is 0. The van der Waals surface area contributed by atoms with Crippen molar-refractivity contribution in [3.05, 3.63) is 66.5 Å². The third-order valence-corrected chi connectivity index (χ3v) is 7.98. The van der Waals surface area contributed by atoms with Gasteiger partial charge in [-0.2, -0.15) is 0 Å². The number of aromatic carboxylic acids is 1. The second-order valence-electron chi connectivity index (χ2n) is 6.07. The van der Waals surface area contributed by atoms with Crippen LogP contribution in [0.4, 0.5) is 0 Å². The molecule has 2 aromatic carbocycles. The third kappa shape index (κ3) is 5.63. The van der Waals surface area contributed by atoms with Crippen LogP contribution in [0.1, 0.15) is 10.4 Å².